The van der Waals surface area contributed by atoms with Gasteiger partial charge in [0.25, 0.3) is 0 Å². The topological polar surface area (TPSA) is 48.7 Å². The van der Waals surface area contributed by atoms with E-state index in [-0.39, 0.29) is 6.04 Å². The Hall–Kier alpha value is -1.08. The van der Waals surface area contributed by atoms with Crippen molar-refractivity contribution in [2.24, 2.45) is 0 Å². The normalized spacial score (nSPS) is 12.1. The summed E-state index contributed by atoms with van der Waals surface area (Å²) in [5.74, 6) is 0. The number of aryl methyl sites for hydroxylation is 1. The smallest absolute Gasteiger partial charge is 0.177 e. The van der Waals surface area contributed by atoms with Crippen molar-refractivity contribution in [1.82, 2.24) is 10.3 Å². The highest BCUT2D eigenvalue weighted by Crippen LogP contribution is 2.19. The molecule has 1 aromatic rings. The molecule has 0 aliphatic rings. The Labute approximate surface area is 76.1 Å². The monoisotopic (exact) mass is 181 g/mol. The molecule has 12 heavy (non-hydrogen) atoms. The SMILES string of the molecule is CCc1cnc(C(C)NC#N)s1. The molecule has 0 spiro atoms. The van der Waals surface area contributed by atoms with Gasteiger partial charge < -0.3 is 5.32 Å². The molecule has 0 aliphatic heterocycles. The molecule has 1 rings (SSSR count). The maximum Gasteiger partial charge on any atom is 0.177 e. The Balaban J connectivity index is 2.69. The first-order valence-electron chi connectivity index (χ1n) is 3.87. The molecule has 1 atom stereocenters. The average Bonchev–Trinajstić information content (AvgIpc) is 2.52. The first-order chi connectivity index (χ1) is 5.77. The number of hydrogen-bond donors (Lipinski definition) is 1. The van der Waals surface area contributed by atoms with Crippen molar-refractivity contribution in [1.29, 1.82) is 5.26 Å². The maximum atomic E-state index is 8.38. The van der Waals surface area contributed by atoms with Gasteiger partial charge >= 0.3 is 0 Å². The van der Waals surface area contributed by atoms with Crippen LogP contribution < -0.4 is 5.32 Å². The summed E-state index contributed by atoms with van der Waals surface area (Å²) in [6.45, 7) is 4.03. The van der Waals surface area contributed by atoms with E-state index in [1.54, 1.807) is 11.3 Å². The maximum absolute atomic E-state index is 8.38. The zero-order valence-corrected chi connectivity index (χ0v) is 7.98. The van der Waals surface area contributed by atoms with Crippen LogP contribution in [0.2, 0.25) is 0 Å². The number of nitrogens with zero attached hydrogens (tertiary/aromatic N) is 2. The minimum Gasteiger partial charge on any atom is -0.314 e. The van der Waals surface area contributed by atoms with Crippen molar-refractivity contribution in [3.8, 4) is 6.19 Å². The predicted molar refractivity (Wildman–Crippen MR) is 48.7 cm³/mol. The molecule has 64 valence electrons. The van der Waals surface area contributed by atoms with Gasteiger partial charge in [-0.25, -0.2) is 4.98 Å². The van der Waals surface area contributed by atoms with Crippen molar-refractivity contribution in [2.45, 2.75) is 26.3 Å². The number of nitriles is 1. The molecule has 0 amide bonds. The van der Waals surface area contributed by atoms with Crippen LogP contribution in [0.25, 0.3) is 0 Å². The third kappa shape index (κ3) is 1.95. The highest BCUT2D eigenvalue weighted by Gasteiger charge is 2.07. The van der Waals surface area contributed by atoms with Crippen molar-refractivity contribution in [2.75, 3.05) is 0 Å². The number of thiazole rings is 1. The van der Waals surface area contributed by atoms with Gasteiger partial charge in [0.1, 0.15) is 5.01 Å². The number of hydrogen-bond acceptors (Lipinski definition) is 4. The van der Waals surface area contributed by atoms with Gasteiger partial charge in [-0.2, -0.15) is 5.26 Å². The summed E-state index contributed by atoms with van der Waals surface area (Å²) in [5.41, 5.74) is 0. The number of rotatable bonds is 3. The minimum absolute atomic E-state index is 0.0419. The Bertz CT molecular complexity index is 287. The lowest BCUT2D eigenvalue weighted by Crippen LogP contribution is -2.10. The fourth-order valence-corrected chi connectivity index (χ4v) is 1.70. The highest BCUT2D eigenvalue weighted by atomic mass is 32.1. The van der Waals surface area contributed by atoms with E-state index in [4.69, 9.17) is 5.26 Å². The summed E-state index contributed by atoms with van der Waals surface area (Å²) in [6, 6.07) is 0.0419. The lowest BCUT2D eigenvalue weighted by atomic mass is 10.4. The molecule has 0 aromatic carbocycles. The summed E-state index contributed by atoms with van der Waals surface area (Å²) >= 11 is 1.66. The lowest BCUT2D eigenvalue weighted by molar-refractivity contribution is 0.691. The van der Waals surface area contributed by atoms with E-state index < -0.39 is 0 Å². The van der Waals surface area contributed by atoms with Crippen LogP contribution in [-0.2, 0) is 6.42 Å². The average molecular weight is 181 g/mol. The molecule has 1 aromatic heterocycles. The quantitative estimate of drug-likeness (QED) is 0.571. The molecule has 0 aliphatic carbocycles. The standard InChI is InChI=1S/C8H11N3S/c1-3-7-4-10-8(12-7)6(2)11-5-9/h4,6,11H,3H2,1-2H3. The molecule has 4 heteroatoms. The van der Waals surface area contributed by atoms with E-state index in [1.807, 2.05) is 19.3 Å². The molecule has 3 nitrogen and oxygen atoms in total. The van der Waals surface area contributed by atoms with Crippen molar-refractivity contribution in [3.63, 3.8) is 0 Å². The summed E-state index contributed by atoms with van der Waals surface area (Å²) in [6.07, 6.45) is 4.79. The van der Waals surface area contributed by atoms with Crippen LogP contribution in [0, 0.1) is 11.5 Å². The molecule has 0 saturated carbocycles. The summed E-state index contributed by atoms with van der Waals surface area (Å²) in [7, 11) is 0. The Morgan fingerprint density at radius 1 is 1.83 bits per heavy atom. The minimum atomic E-state index is 0.0419. The van der Waals surface area contributed by atoms with Crippen molar-refractivity contribution < 1.29 is 0 Å². The van der Waals surface area contributed by atoms with E-state index >= 15 is 0 Å². The molecular formula is C8H11N3S. The summed E-state index contributed by atoms with van der Waals surface area (Å²) in [4.78, 5) is 5.47. The van der Waals surface area contributed by atoms with Gasteiger partial charge in [-0.15, -0.1) is 11.3 Å². The molecule has 1 heterocycles. The fraction of sp³-hybridized carbons (Fsp3) is 0.500. The van der Waals surface area contributed by atoms with Crippen LogP contribution in [0.5, 0.6) is 0 Å². The molecular weight excluding hydrogens is 170 g/mol. The zero-order valence-electron chi connectivity index (χ0n) is 7.16. The van der Waals surface area contributed by atoms with Gasteiger partial charge in [0.2, 0.25) is 0 Å². The van der Waals surface area contributed by atoms with Crippen LogP contribution >= 0.6 is 11.3 Å². The zero-order chi connectivity index (χ0) is 8.97. The third-order valence-electron chi connectivity index (χ3n) is 1.57. The van der Waals surface area contributed by atoms with Gasteiger partial charge in [0.15, 0.2) is 6.19 Å². The molecule has 0 radical (unpaired) electrons. The van der Waals surface area contributed by atoms with Gasteiger partial charge in [-0.1, -0.05) is 6.92 Å². The van der Waals surface area contributed by atoms with Gasteiger partial charge in [0.05, 0.1) is 6.04 Å². The Kier molecular flexibility index (Phi) is 3.06. The van der Waals surface area contributed by atoms with E-state index in [9.17, 15) is 0 Å². The number of nitrogens with one attached hydrogen (secondary N) is 1. The van der Waals surface area contributed by atoms with Gasteiger partial charge in [0, 0.05) is 11.1 Å². The van der Waals surface area contributed by atoms with E-state index in [0.717, 1.165) is 11.4 Å². The predicted octanol–water partition coefficient (Wildman–Crippen LogP) is 1.84. The van der Waals surface area contributed by atoms with Crippen LogP contribution in [-0.4, -0.2) is 4.98 Å². The van der Waals surface area contributed by atoms with E-state index in [0.29, 0.717) is 0 Å². The molecule has 0 bridgehead atoms. The summed E-state index contributed by atoms with van der Waals surface area (Å²) in [5, 5.41) is 12.0. The second-order valence-electron chi connectivity index (χ2n) is 2.50. The second-order valence-corrected chi connectivity index (χ2v) is 3.64. The Morgan fingerprint density at radius 2 is 2.58 bits per heavy atom. The first kappa shape index (κ1) is 9.01. The molecule has 1 N–H and O–H groups in total. The molecule has 0 saturated heterocycles. The van der Waals surface area contributed by atoms with Gasteiger partial charge in [-0.3, -0.25) is 0 Å². The van der Waals surface area contributed by atoms with E-state index in [2.05, 4.69) is 17.2 Å². The summed E-state index contributed by atoms with van der Waals surface area (Å²) < 4.78 is 0. The van der Waals surface area contributed by atoms with Crippen LogP contribution in [0.3, 0.4) is 0 Å². The van der Waals surface area contributed by atoms with Crippen LogP contribution in [0.1, 0.15) is 29.8 Å². The van der Waals surface area contributed by atoms with Crippen LogP contribution in [0.4, 0.5) is 0 Å². The van der Waals surface area contributed by atoms with Crippen LogP contribution in [0.15, 0.2) is 6.20 Å². The van der Waals surface area contributed by atoms with E-state index in [1.165, 1.54) is 4.88 Å². The third-order valence-corrected chi connectivity index (χ3v) is 2.90. The van der Waals surface area contributed by atoms with Gasteiger partial charge in [-0.05, 0) is 13.3 Å². The van der Waals surface area contributed by atoms with Crippen molar-refractivity contribution >= 4 is 11.3 Å². The molecule has 0 fully saturated rings. The second kappa shape index (κ2) is 4.07. The van der Waals surface area contributed by atoms with Crippen molar-refractivity contribution in [3.05, 3.63) is 16.1 Å². The fourth-order valence-electron chi connectivity index (χ4n) is 0.845. The largest absolute Gasteiger partial charge is 0.314 e. The lowest BCUT2D eigenvalue weighted by Gasteiger charge is -2.02. The molecule has 1 unspecified atom stereocenters. The number of aromatic nitrogens is 1. The first-order valence-corrected chi connectivity index (χ1v) is 4.68. The Morgan fingerprint density at radius 3 is 3.08 bits per heavy atom. The highest BCUT2D eigenvalue weighted by molar-refractivity contribution is 7.11.